The van der Waals surface area contributed by atoms with Gasteiger partial charge in [-0.3, -0.25) is 0 Å². The smallest absolute Gasteiger partial charge is 0.0802 e. The minimum atomic E-state index is 0. The third-order valence-electron chi connectivity index (χ3n) is 2.76. The first-order valence-electron chi connectivity index (χ1n) is 6.94. The Labute approximate surface area is 115 Å². The third-order valence-corrected chi connectivity index (χ3v) is 2.76. The summed E-state index contributed by atoms with van der Waals surface area (Å²) < 4.78 is 6.67. The van der Waals surface area contributed by atoms with Gasteiger partial charge in [0, 0.05) is 13.0 Å². The predicted molar refractivity (Wildman–Crippen MR) is 71.7 cm³/mol. The molecule has 0 aromatic heterocycles. The Morgan fingerprint density at radius 1 is 0.765 bits per heavy atom. The second kappa shape index (κ2) is 12.7. The van der Waals surface area contributed by atoms with Crippen LogP contribution in [-0.4, -0.2) is 45.4 Å². The van der Waals surface area contributed by atoms with Crippen molar-refractivity contribution in [1.29, 1.82) is 0 Å². The zero-order valence-electron chi connectivity index (χ0n) is 12.3. The number of halogens is 1. The van der Waals surface area contributed by atoms with E-state index >= 15 is 0 Å². The van der Waals surface area contributed by atoms with E-state index in [2.05, 4.69) is 28.1 Å². The SMILES string of the molecule is CCCCCCCCOCCC[N+](C)(C)C.[Cl-]. The molecule has 0 rings (SSSR count). The molecule has 0 bridgehead atoms. The fourth-order valence-electron chi connectivity index (χ4n) is 1.73. The van der Waals surface area contributed by atoms with Crippen LogP contribution in [0.5, 0.6) is 0 Å². The lowest BCUT2D eigenvalue weighted by Crippen LogP contribution is -3.00. The maximum atomic E-state index is 5.63. The molecule has 0 aromatic rings. The summed E-state index contributed by atoms with van der Waals surface area (Å²) in [6.45, 7) is 5.36. The lowest BCUT2D eigenvalue weighted by molar-refractivity contribution is -0.870. The molecule has 17 heavy (non-hydrogen) atoms. The van der Waals surface area contributed by atoms with Crippen molar-refractivity contribution in [3.8, 4) is 0 Å². The van der Waals surface area contributed by atoms with Gasteiger partial charge < -0.3 is 21.6 Å². The summed E-state index contributed by atoms with van der Waals surface area (Å²) in [5.41, 5.74) is 0. The Hall–Kier alpha value is 0.210. The lowest BCUT2D eigenvalue weighted by Gasteiger charge is -2.23. The molecule has 3 heteroatoms. The van der Waals surface area contributed by atoms with Gasteiger partial charge in [-0.15, -0.1) is 0 Å². The number of hydrogen-bond donors (Lipinski definition) is 0. The number of rotatable bonds is 11. The van der Waals surface area contributed by atoms with Gasteiger partial charge in [-0.05, 0) is 6.42 Å². The summed E-state index contributed by atoms with van der Waals surface area (Å²) in [5, 5.41) is 0. The number of nitrogens with zero attached hydrogens (tertiary/aromatic N) is 1. The average molecular weight is 266 g/mol. The van der Waals surface area contributed by atoms with Crippen molar-refractivity contribution in [1.82, 2.24) is 0 Å². The van der Waals surface area contributed by atoms with Crippen LogP contribution in [0.4, 0.5) is 0 Å². The summed E-state index contributed by atoms with van der Waals surface area (Å²) in [6, 6.07) is 0. The minimum absolute atomic E-state index is 0. The standard InChI is InChI=1S/C14H32NO.ClH/c1-5-6-7-8-9-10-13-16-14-11-12-15(2,3)4;/h5-14H2,1-4H3;1H/q+1;/p-1. The summed E-state index contributed by atoms with van der Waals surface area (Å²) in [4.78, 5) is 0. The van der Waals surface area contributed by atoms with Crippen LogP contribution in [0, 0.1) is 0 Å². The van der Waals surface area contributed by atoms with Crippen molar-refractivity contribution in [2.45, 2.75) is 51.9 Å². The summed E-state index contributed by atoms with van der Waals surface area (Å²) in [7, 11) is 6.69. The Balaban J connectivity index is 0. The van der Waals surface area contributed by atoms with E-state index in [-0.39, 0.29) is 12.4 Å². The van der Waals surface area contributed by atoms with Gasteiger partial charge in [0.25, 0.3) is 0 Å². The van der Waals surface area contributed by atoms with Gasteiger partial charge in [-0.25, -0.2) is 0 Å². The quantitative estimate of drug-likeness (QED) is 0.390. The monoisotopic (exact) mass is 265 g/mol. The van der Waals surface area contributed by atoms with Gasteiger partial charge in [0.15, 0.2) is 0 Å². The van der Waals surface area contributed by atoms with E-state index in [1.807, 2.05) is 0 Å². The topological polar surface area (TPSA) is 9.23 Å². The minimum Gasteiger partial charge on any atom is -1.00 e. The summed E-state index contributed by atoms with van der Waals surface area (Å²) >= 11 is 0. The molecule has 0 aliphatic heterocycles. The molecule has 0 heterocycles. The highest BCUT2D eigenvalue weighted by Gasteiger charge is 2.04. The Morgan fingerprint density at radius 2 is 1.29 bits per heavy atom. The zero-order chi connectivity index (χ0) is 12.3. The van der Waals surface area contributed by atoms with Crippen LogP contribution in [0.3, 0.4) is 0 Å². The molecule has 0 spiro atoms. The van der Waals surface area contributed by atoms with E-state index in [1.165, 1.54) is 51.5 Å². The van der Waals surface area contributed by atoms with Gasteiger partial charge in [-0.1, -0.05) is 39.0 Å². The van der Waals surface area contributed by atoms with Gasteiger partial charge in [0.1, 0.15) is 0 Å². The third kappa shape index (κ3) is 18.8. The second-order valence-electron chi connectivity index (χ2n) is 5.75. The van der Waals surface area contributed by atoms with Gasteiger partial charge in [0.05, 0.1) is 34.3 Å². The highest BCUT2D eigenvalue weighted by atomic mass is 35.5. The molecular weight excluding hydrogens is 234 g/mol. The van der Waals surface area contributed by atoms with E-state index in [0.29, 0.717) is 0 Å². The Morgan fingerprint density at radius 3 is 1.88 bits per heavy atom. The zero-order valence-corrected chi connectivity index (χ0v) is 13.1. The molecule has 0 fully saturated rings. The van der Waals surface area contributed by atoms with Crippen LogP contribution in [0.25, 0.3) is 0 Å². The first-order chi connectivity index (χ1) is 7.56. The van der Waals surface area contributed by atoms with Gasteiger partial charge >= 0.3 is 0 Å². The second-order valence-corrected chi connectivity index (χ2v) is 5.75. The van der Waals surface area contributed by atoms with Crippen molar-refractivity contribution in [2.75, 3.05) is 40.9 Å². The Kier molecular flexibility index (Phi) is 14.6. The Bertz CT molecular complexity index is 146. The highest BCUT2D eigenvalue weighted by Crippen LogP contribution is 2.05. The van der Waals surface area contributed by atoms with Gasteiger partial charge in [0.2, 0.25) is 0 Å². The molecular formula is C14H32ClNO. The summed E-state index contributed by atoms with van der Waals surface area (Å²) in [6.07, 6.45) is 9.28. The molecule has 106 valence electrons. The highest BCUT2D eigenvalue weighted by molar-refractivity contribution is 4.43. The molecule has 0 atom stereocenters. The van der Waals surface area contributed by atoms with Crippen LogP contribution >= 0.6 is 0 Å². The van der Waals surface area contributed by atoms with Crippen molar-refractivity contribution in [2.24, 2.45) is 0 Å². The molecule has 0 aliphatic carbocycles. The molecule has 0 saturated carbocycles. The van der Waals surface area contributed by atoms with Gasteiger partial charge in [-0.2, -0.15) is 0 Å². The maximum absolute atomic E-state index is 5.63. The molecule has 2 nitrogen and oxygen atoms in total. The molecule has 0 N–H and O–H groups in total. The number of ether oxygens (including phenoxy) is 1. The van der Waals surface area contributed by atoms with Crippen LogP contribution in [0.15, 0.2) is 0 Å². The average Bonchev–Trinajstić information content (AvgIpc) is 2.19. The lowest BCUT2D eigenvalue weighted by atomic mass is 10.1. The fraction of sp³-hybridized carbons (Fsp3) is 1.00. The van der Waals surface area contributed by atoms with Crippen molar-refractivity contribution >= 4 is 0 Å². The molecule has 0 saturated heterocycles. The maximum Gasteiger partial charge on any atom is 0.0802 e. The largest absolute Gasteiger partial charge is 1.00 e. The number of unbranched alkanes of at least 4 members (excludes halogenated alkanes) is 5. The van der Waals surface area contributed by atoms with E-state index in [0.717, 1.165) is 17.7 Å². The first-order valence-corrected chi connectivity index (χ1v) is 6.94. The van der Waals surface area contributed by atoms with Crippen molar-refractivity contribution in [3.63, 3.8) is 0 Å². The number of hydrogen-bond acceptors (Lipinski definition) is 1. The fourth-order valence-corrected chi connectivity index (χ4v) is 1.73. The number of quaternary nitrogens is 1. The van der Waals surface area contributed by atoms with E-state index in [9.17, 15) is 0 Å². The molecule has 0 amide bonds. The predicted octanol–water partition coefficient (Wildman–Crippen LogP) is 0.464. The van der Waals surface area contributed by atoms with Crippen LogP contribution in [-0.2, 0) is 4.74 Å². The van der Waals surface area contributed by atoms with E-state index in [1.54, 1.807) is 0 Å². The van der Waals surface area contributed by atoms with Crippen molar-refractivity contribution < 1.29 is 21.6 Å². The van der Waals surface area contributed by atoms with Crippen LogP contribution in [0.1, 0.15) is 51.9 Å². The summed E-state index contributed by atoms with van der Waals surface area (Å²) in [5.74, 6) is 0. The molecule has 0 aliphatic rings. The normalized spacial score (nSPS) is 11.3. The van der Waals surface area contributed by atoms with E-state index < -0.39 is 0 Å². The van der Waals surface area contributed by atoms with Crippen LogP contribution < -0.4 is 12.4 Å². The molecule has 0 aromatic carbocycles. The van der Waals surface area contributed by atoms with E-state index in [4.69, 9.17) is 4.74 Å². The van der Waals surface area contributed by atoms with Crippen molar-refractivity contribution in [3.05, 3.63) is 0 Å². The first kappa shape index (κ1) is 19.5. The van der Waals surface area contributed by atoms with Crippen LogP contribution in [0.2, 0.25) is 0 Å². The molecule has 0 radical (unpaired) electrons. The molecule has 0 unspecified atom stereocenters.